The third-order valence-corrected chi connectivity index (χ3v) is 5.17. The van der Waals surface area contributed by atoms with Crippen LogP contribution in [0.5, 0.6) is 0 Å². The van der Waals surface area contributed by atoms with Crippen LogP contribution in [0.3, 0.4) is 0 Å². The molecule has 1 amide bonds. The van der Waals surface area contributed by atoms with Gasteiger partial charge >= 0.3 is 6.09 Å². The number of likely N-dealkylation sites (tertiary alicyclic amines) is 1. The lowest BCUT2D eigenvalue weighted by Crippen LogP contribution is -2.34. The number of rotatable bonds is 8. The van der Waals surface area contributed by atoms with Crippen molar-refractivity contribution >= 4 is 6.09 Å². The van der Waals surface area contributed by atoms with Crippen LogP contribution in [0.25, 0.3) is 0 Å². The van der Waals surface area contributed by atoms with Gasteiger partial charge in [0.05, 0.1) is 25.4 Å². The third kappa shape index (κ3) is 6.29. The van der Waals surface area contributed by atoms with Crippen LogP contribution in [-0.2, 0) is 22.3 Å². The van der Waals surface area contributed by atoms with Crippen LogP contribution in [0.15, 0.2) is 34.9 Å². The van der Waals surface area contributed by atoms with E-state index in [1.807, 2.05) is 26.8 Å². The van der Waals surface area contributed by atoms with Gasteiger partial charge in [-0.15, -0.1) is 0 Å². The van der Waals surface area contributed by atoms with E-state index in [1.165, 1.54) is 12.7 Å². The Hall–Kier alpha value is -2.41. The summed E-state index contributed by atoms with van der Waals surface area (Å²) in [6.45, 7) is 6.47. The number of unbranched alkanes of at least 4 members (excludes halogenated alkanes) is 2. The van der Waals surface area contributed by atoms with Crippen molar-refractivity contribution in [3.8, 4) is 0 Å². The minimum absolute atomic E-state index is 0.0950. The van der Waals surface area contributed by atoms with E-state index in [-0.39, 0.29) is 17.7 Å². The van der Waals surface area contributed by atoms with E-state index in [4.69, 9.17) is 14.0 Å². The Morgan fingerprint density at radius 1 is 1.17 bits per heavy atom. The number of aromatic nitrogens is 2. The molecule has 1 aliphatic rings. The van der Waals surface area contributed by atoms with Crippen molar-refractivity contribution in [2.45, 2.75) is 77.0 Å². The maximum absolute atomic E-state index is 12.2. The number of nitrogens with zero attached hydrogens (tertiary/aromatic N) is 3. The summed E-state index contributed by atoms with van der Waals surface area (Å²) in [6.07, 6.45) is 5.23. The van der Waals surface area contributed by atoms with Gasteiger partial charge in [0.15, 0.2) is 5.82 Å². The molecule has 7 nitrogen and oxygen atoms in total. The van der Waals surface area contributed by atoms with Crippen LogP contribution in [0.1, 0.15) is 69.8 Å². The minimum Gasteiger partial charge on any atom is -0.453 e. The van der Waals surface area contributed by atoms with E-state index in [0.717, 1.165) is 32.1 Å². The van der Waals surface area contributed by atoms with Gasteiger partial charge in [-0.1, -0.05) is 41.9 Å². The van der Waals surface area contributed by atoms with Crippen molar-refractivity contribution < 1.29 is 18.8 Å². The second-order valence-corrected chi connectivity index (χ2v) is 8.82. The molecular formula is C23H33N3O4. The fourth-order valence-electron chi connectivity index (χ4n) is 3.87. The lowest BCUT2D eigenvalue weighted by molar-refractivity contribution is -0.0538. The number of amides is 1. The number of benzene rings is 1. The van der Waals surface area contributed by atoms with Gasteiger partial charge in [0, 0.05) is 12.8 Å². The summed E-state index contributed by atoms with van der Waals surface area (Å²) in [5, 5.41) is 4.13. The molecule has 164 valence electrons. The Balaban J connectivity index is 1.52. The zero-order valence-corrected chi connectivity index (χ0v) is 18.5. The number of methoxy groups -OCH3 is 1. The molecule has 1 aliphatic heterocycles. The largest absolute Gasteiger partial charge is 0.453 e. The number of hydrogen-bond donors (Lipinski definition) is 0. The van der Waals surface area contributed by atoms with Crippen LogP contribution in [0.4, 0.5) is 4.79 Å². The predicted octanol–water partition coefficient (Wildman–Crippen LogP) is 4.72. The smallest absolute Gasteiger partial charge is 0.410 e. The van der Waals surface area contributed by atoms with Crippen molar-refractivity contribution in [1.29, 1.82) is 0 Å². The average Bonchev–Trinajstić information content (AvgIpc) is 3.33. The summed E-state index contributed by atoms with van der Waals surface area (Å²) in [6, 6.07) is 10.2. The molecule has 1 aromatic carbocycles. The highest BCUT2D eigenvalue weighted by Gasteiger charge is 2.41. The van der Waals surface area contributed by atoms with E-state index in [0.29, 0.717) is 24.7 Å². The number of hydrogen-bond acceptors (Lipinski definition) is 6. The fraction of sp³-hybridized carbons (Fsp3) is 0.609. The highest BCUT2D eigenvalue weighted by atomic mass is 16.5. The standard InChI is InChI=1S/C23H33N3O4/c1-23(2,3)29-18-15-19(26(16-18)22(27)28-4)21-24-20(25-30-21)14-10-6-9-13-17-11-7-5-8-12-17/h5,7-8,11-12,18-19H,6,9-10,13-16H2,1-4H3/t18-,19+/m1/s1. The van der Waals surface area contributed by atoms with Gasteiger partial charge in [-0.2, -0.15) is 4.98 Å². The number of carbonyl (C=O) groups excluding carboxylic acids is 1. The summed E-state index contributed by atoms with van der Waals surface area (Å²) in [4.78, 5) is 18.4. The van der Waals surface area contributed by atoms with Gasteiger partial charge in [0.1, 0.15) is 6.04 Å². The lowest BCUT2D eigenvalue weighted by Gasteiger charge is -2.24. The molecule has 30 heavy (non-hydrogen) atoms. The minimum atomic E-state index is -0.402. The molecule has 0 N–H and O–H groups in total. The first-order valence-corrected chi connectivity index (χ1v) is 10.7. The number of ether oxygens (including phenoxy) is 2. The average molecular weight is 416 g/mol. The van der Waals surface area contributed by atoms with E-state index in [1.54, 1.807) is 4.90 Å². The third-order valence-electron chi connectivity index (χ3n) is 5.17. The van der Waals surface area contributed by atoms with Crippen molar-refractivity contribution in [2.24, 2.45) is 0 Å². The maximum atomic E-state index is 12.2. The van der Waals surface area contributed by atoms with Crippen LogP contribution in [-0.4, -0.2) is 46.5 Å². The first-order chi connectivity index (χ1) is 14.4. The summed E-state index contributed by atoms with van der Waals surface area (Å²) < 4.78 is 16.5. The van der Waals surface area contributed by atoms with E-state index < -0.39 is 6.09 Å². The normalized spacial score (nSPS) is 19.3. The Labute approximate surface area is 178 Å². The van der Waals surface area contributed by atoms with E-state index in [9.17, 15) is 4.79 Å². The Bertz CT molecular complexity index is 800. The Morgan fingerprint density at radius 2 is 1.90 bits per heavy atom. The molecule has 0 radical (unpaired) electrons. The topological polar surface area (TPSA) is 77.7 Å². The van der Waals surface area contributed by atoms with Crippen molar-refractivity contribution in [1.82, 2.24) is 15.0 Å². The van der Waals surface area contributed by atoms with Crippen molar-refractivity contribution in [2.75, 3.05) is 13.7 Å². The van der Waals surface area contributed by atoms with Gasteiger partial charge in [0.25, 0.3) is 0 Å². The van der Waals surface area contributed by atoms with Gasteiger partial charge in [0.2, 0.25) is 5.89 Å². The number of carbonyl (C=O) groups is 1. The molecule has 2 heterocycles. The Kier molecular flexibility index (Phi) is 7.48. The molecule has 3 rings (SSSR count). The van der Waals surface area contributed by atoms with Gasteiger partial charge in [-0.3, -0.25) is 4.90 Å². The fourth-order valence-corrected chi connectivity index (χ4v) is 3.87. The highest BCUT2D eigenvalue weighted by Crippen LogP contribution is 2.34. The maximum Gasteiger partial charge on any atom is 0.410 e. The van der Waals surface area contributed by atoms with Gasteiger partial charge in [-0.05, 0) is 45.6 Å². The highest BCUT2D eigenvalue weighted by molar-refractivity contribution is 5.68. The van der Waals surface area contributed by atoms with Crippen LogP contribution < -0.4 is 0 Å². The van der Waals surface area contributed by atoms with Crippen molar-refractivity contribution in [3.05, 3.63) is 47.6 Å². The second kappa shape index (κ2) is 10.1. The molecule has 0 saturated carbocycles. The molecule has 1 aromatic heterocycles. The summed E-state index contributed by atoms with van der Waals surface area (Å²) in [7, 11) is 1.38. The first-order valence-electron chi connectivity index (χ1n) is 10.7. The Morgan fingerprint density at radius 3 is 2.60 bits per heavy atom. The quantitative estimate of drug-likeness (QED) is 0.581. The molecule has 1 fully saturated rings. The first kappa shape index (κ1) is 22.3. The van der Waals surface area contributed by atoms with Crippen LogP contribution in [0.2, 0.25) is 0 Å². The van der Waals surface area contributed by atoms with E-state index in [2.05, 4.69) is 34.4 Å². The van der Waals surface area contributed by atoms with Gasteiger partial charge < -0.3 is 14.0 Å². The second-order valence-electron chi connectivity index (χ2n) is 8.82. The van der Waals surface area contributed by atoms with Gasteiger partial charge in [-0.25, -0.2) is 4.79 Å². The monoisotopic (exact) mass is 415 g/mol. The summed E-state index contributed by atoms with van der Waals surface area (Å²) >= 11 is 0. The summed E-state index contributed by atoms with van der Waals surface area (Å²) in [5.74, 6) is 1.15. The van der Waals surface area contributed by atoms with Crippen LogP contribution >= 0.6 is 0 Å². The number of aryl methyl sites for hydroxylation is 2. The molecule has 0 aliphatic carbocycles. The molecule has 1 saturated heterocycles. The molecular weight excluding hydrogens is 382 g/mol. The summed E-state index contributed by atoms with van der Waals surface area (Å²) in [5.41, 5.74) is 1.08. The zero-order valence-electron chi connectivity index (χ0n) is 18.5. The van der Waals surface area contributed by atoms with Crippen LogP contribution in [0, 0.1) is 0 Å². The molecule has 0 bridgehead atoms. The lowest BCUT2D eigenvalue weighted by atomic mass is 10.1. The molecule has 7 heteroatoms. The molecule has 0 unspecified atom stereocenters. The zero-order chi connectivity index (χ0) is 21.6. The molecule has 2 aromatic rings. The SMILES string of the molecule is COC(=O)N1C[C@H](OC(C)(C)C)C[C@H]1c1nc(CCCCCc2ccccc2)no1. The molecule has 2 atom stereocenters. The van der Waals surface area contributed by atoms with Crippen molar-refractivity contribution in [3.63, 3.8) is 0 Å². The molecule has 0 spiro atoms. The van der Waals surface area contributed by atoms with E-state index >= 15 is 0 Å². The predicted molar refractivity (Wildman–Crippen MR) is 113 cm³/mol.